The van der Waals surface area contributed by atoms with E-state index in [0.29, 0.717) is 17.9 Å². The van der Waals surface area contributed by atoms with Crippen molar-refractivity contribution in [2.75, 3.05) is 41.0 Å². The first kappa shape index (κ1) is 28.8. The van der Waals surface area contributed by atoms with Crippen molar-refractivity contribution in [2.45, 2.75) is 26.3 Å². The second-order valence-electron chi connectivity index (χ2n) is 9.65. The number of benzene rings is 3. The van der Waals surface area contributed by atoms with E-state index in [2.05, 4.69) is 6.07 Å². The summed E-state index contributed by atoms with van der Waals surface area (Å²) < 4.78 is 29.9. The van der Waals surface area contributed by atoms with Crippen molar-refractivity contribution in [3.8, 4) is 11.5 Å². The van der Waals surface area contributed by atoms with Crippen LogP contribution in [0.2, 0.25) is 0 Å². The average molecular weight is 548 g/mol. The number of nitrogens with zero attached hydrogens (tertiary/aromatic N) is 3. The van der Waals surface area contributed by atoms with E-state index in [1.54, 1.807) is 20.3 Å². The number of hydrazone groups is 1. The van der Waals surface area contributed by atoms with Crippen LogP contribution in [0.4, 0.5) is 4.39 Å². The number of carbonyl (C=O) groups excluding carboxylic acids is 2. The molecule has 0 radical (unpaired) electrons. The summed E-state index contributed by atoms with van der Waals surface area (Å²) >= 11 is 0. The Morgan fingerprint density at radius 2 is 1.75 bits per heavy atom. The molecule has 4 rings (SSSR count). The van der Waals surface area contributed by atoms with Gasteiger partial charge in [0, 0.05) is 25.6 Å². The summed E-state index contributed by atoms with van der Waals surface area (Å²) in [5.41, 5.74) is 4.94. The lowest BCUT2D eigenvalue weighted by Crippen LogP contribution is -2.42. The van der Waals surface area contributed by atoms with Crippen LogP contribution in [0.3, 0.4) is 0 Å². The molecule has 3 aromatic rings. The van der Waals surface area contributed by atoms with Gasteiger partial charge in [-0.15, -0.1) is 0 Å². The molecule has 40 heavy (non-hydrogen) atoms. The van der Waals surface area contributed by atoms with E-state index in [1.807, 2.05) is 38.1 Å². The van der Waals surface area contributed by atoms with E-state index in [1.165, 1.54) is 35.2 Å². The highest BCUT2D eigenvalue weighted by Crippen LogP contribution is 2.37. The number of rotatable bonds is 10. The van der Waals surface area contributed by atoms with Gasteiger partial charge < -0.3 is 19.1 Å². The molecule has 9 heteroatoms. The highest BCUT2D eigenvalue weighted by atomic mass is 19.1. The third-order valence-electron chi connectivity index (χ3n) is 7.05. The molecule has 1 heterocycles. The summed E-state index contributed by atoms with van der Waals surface area (Å²) in [5.74, 6) is -0.261. The summed E-state index contributed by atoms with van der Waals surface area (Å²) in [6.45, 7) is 4.19. The van der Waals surface area contributed by atoms with Gasteiger partial charge in [-0.1, -0.05) is 24.3 Å². The Kier molecular flexibility index (Phi) is 9.16. The van der Waals surface area contributed by atoms with Crippen LogP contribution in [0.5, 0.6) is 11.5 Å². The zero-order valence-corrected chi connectivity index (χ0v) is 23.4. The number of hydrogen-bond donors (Lipinski definition) is 0. The summed E-state index contributed by atoms with van der Waals surface area (Å²) in [7, 11) is 4.64. The van der Waals surface area contributed by atoms with Gasteiger partial charge in [0.15, 0.2) is 11.5 Å². The lowest BCUT2D eigenvalue weighted by Gasteiger charge is -2.27. The number of methoxy groups -OCH3 is 3. The van der Waals surface area contributed by atoms with Crippen LogP contribution in [0.25, 0.3) is 0 Å². The number of ether oxygens (including phenoxy) is 3. The maximum absolute atomic E-state index is 13.9. The molecule has 3 aromatic carbocycles. The molecule has 1 aliphatic heterocycles. The van der Waals surface area contributed by atoms with Crippen molar-refractivity contribution >= 4 is 17.5 Å². The fraction of sp³-hybridized carbons (Fsp3) is 0.323. The Hall–Kier alpha value is -4.24. The van der Waals surface area contributed by atoms with E-state index >= 15 is 0 Å². The van der Waals surface area contributed by atoms with Gasteiger partial charge in [0.25, 0.3) is 11.8 Å². The van der Waals surface area contributed by atoms with Gasteiger partial charge >= 0.3 is 0 Å². The standard InChI is InChI=1S/C31H34FN3O5/c1-20-9-10-22(15-21(20)2)26-18-27(23-11-12-28(39-4)29(17-23)40-5)35(33-26)30(36)19-34(13-14-38-3)31(37)24-7-6-8-25(32)16-24/h6-12,15-17,27H,13-14,18-19H2,1-5H3/t27-/m0/s1. The van der Waals surface area contributed by atoms with Gasteiger partial charge in [-0.2, -0.15) is 5.10 Å². The van der Waals surface area contributed by atoms with Gasteiger partial charge in [-0.25, -0.2) is 9.40 Å². The second-order valence-corrected chi connectivity index (χ2v) is 9.65. The lowest BCUT2D eigenvalue weighted by molar-refractivity contribution is -0.133. The van der Waals surface area contributed by atoms with E-state index in [9.17, 15) is 14.0 Å². The molecule has 0 saturated heterocycles. The summed E-state index contributed by atoms with van der Waals surface area (Å²) in [6, 6.07) is 16.6. The first-order chi connectivity index (χ1) is 19.2. The minimum atomic E-state index is -0.528. The van der Waals surface area contributed by atoms with Crippen LogP contribution in [-0.4, -0.2) is 68.5 Å². The number of aryl methyl sites for hydroxylation is 2. The maximum Gasteiger partial charge on any atom is 0.262 e. The third-order valence-corrected chi connectivity index (χ3v) is 7.05. The summed E-state index contributed by atoms with van der Waals surface area (Å²) in [6.07, 6.45) is 0.472. The zero-order chi connectivity index (χ0) is 28.8. The SMILES string of the molecule is COCCN(CC(=O)N1N=C(c2ccc(C)c(C)c2)C[C@H]1c1ccc(OC)c(OC)c1)C(=O)c1cccc(F)c1. The van der Waals surface area contributed by atoms with Gasteiger partial charge in [-0.3, -0.25) is 9.59 Å². The molecule has 0 unspecified atom stereocenters. The predicted octanol–water partition coefficient (Wildman–Crippen LogP) is 4.93. The largest absolute Gasteiger partial charge is 0.493 e. The Morgan fingerprint density at radius 1 is 0.975 bits per heavy atom. The number of amides is 2. The number of hydrogen-bond acceptors (Lipinski definition) is 6. The van der Waals surface area contributed by atoms with Crippen LogP contribution < -0.4 is 9.47 Å². The number of carbonyl (C=O) groups is 2. The molecule has 1 atom stereocenters. The fourth-order valence-corrected chi connectivity index (χ4v) is 4.65. The minimum Gasteiger partial charge on any atom is -0.493 e. The van der Waals surface area contributed by atoms with Crippen molar-refractivity contribution < 1.29 is 28.2 Å². The summed E-state index contributed by atoms with van der Waals surface area (Å²) in [5, 5.41) is 6.20. The van der Waals surface area contributed by atoms with E-state index in [0.717, 1.165) is 34.0 Å². The summed E-state index contributed by atoms with van der Waals surface area (Å²) in [4.78, 5) is 28.5. The molecule has 1 aliphatic rings. The van der Waals surface area contributed by atoms with E-state index in [-0.39, 0.29) is 31.2 Å². The molecule has 0 spiro atoms. The Balaban J connectivity index is 1.69. The van der Waals surface area contributed by atoms with Crippen molar-refractivity contribution in [3.05, 3.63) is 94.3 Å². The van der Waals surface area contributed by atoms with Gasteiger partial charge in [-0.05, 0) is 72.5 Å². The van der Waals surface area contributed by atoms with Crippen LogP contribution >= 0.6 is 0 Å². The number of halogens is 1. The molecular formula is C31H34FN3O5. The van der Waals surface area contributed by atoms with Crippen LogP contribution in [-0.2, 0) is 9.53 Å². The Bertz CT molecular complexity index is 1420. The molecule has 2 amide bonds. The molecule has 210 valence electrons. The third kappa shape index (κ3) is 6.31. The highest BCUT2D eigenvalue weighted by molar-refractivity contribution is 6.04. The Morgan fingerprint density at radius 3 is 2.42 bits per heavy atom. The molecule has 8 nitrogen and oxygen atoms in total. The van der Waals surface area contributed by atoms with E-state index < -0.39 is 17.8 Å². The average Bonchev–Trinajstić information content (AvgIpc) is 3.41. The maximum atomic E-state index is 13.9. The Labute approximate surface area is 233 Å². The molecule has 0 fully saturated rings. The predicted molar refractivity (Wildman–Crippen MR) is 150 cm³/mol. The van der Waals surface area contributed by atoms with Gasteiger partial charge in [0.2, 0.25) is 0 Å². The van der Waals surface area contributed by atoms with Crippen molar-refractivity contribution in [2.24, 2.45) is 5.10 Å². The van der Waals surface area contributed by atoms with E-state index in [4.69, 9.17) is 19.3 Å². The molecule has 0 aromatic heterocycles. The first-order valence-corrected chi connectivity index (χ1v) is 13.0. The van der Waals surface area contributed by atoms with Crippen LogP contribution in [0, 0.1) is 19.7 Å². The quantitative estimate of drug-likeness (QED) is 0.360. The fourth-order valence-electron chi connectivity index (χ4n) is 4.65. The molecule has 0 N–H and O–H groups in total. The van der Waals surface area contributed by atoms with Crippen molar-refractivity contribution in [1.29, 1.82) is 0 Å². The molecule has 0 saturated carbocycles. The van der Waals surface area contributed by atoms with Crippen molar-refractivity contribution in [3.63, 3.8) is 0 Å². The highest BCUT2D eigenvalue weighted by Gasteiger charge is 2.35. The molecule has 0 bridgehead atoms. The smallest absolute Gasteiger partial charge is 0.262 e. The minimum absolute atomic E-state index is 0.153. The first-order valence-electron chi connectivity index (χ1n) is 13.0. The monoisotopic (exact) mass is 547 g/mol. The van der Waals surface area contributed by atoms with Gasteiger partial charge in [0.1, 0.15) is 12.4 Å². The second kappa shape index (κ2) is 12.7. The van der Waals surface area contributed by atoms with Crippen LogP contribution in [0.1, 0.15) is 45.1 Å². The van der Waals surface area contributed by atoms with Gasteiger partial charge in [0.05, 0.1) is 32.6 Å². The lowest BCUT2D eigenvalue weighted by atomic mass is 9.96. The molecular weight excluding hydrogens is 513 g/mol. The van der Waals surface area contributed by atoms with Crippen molar-refractivity contribution in [1.82, 2.24) is 9.91 Å². The zero-order valence-electron chi connectivity index (χ0n) is 23.4. The molecule has 0 aliphatic carbocycles. The topological polar surface area (TPSA) is 80.7 Å². The normalized spacial score (nSPS) is 14.6. The van der Waals surface area contributed by atoms with Crippen LogP contribution in [0.15, 0.2) is 65.8 Å².